The highest BCUT2D eigenvalue weighted by Gasteiger charge is 2.18. The molecule has 0 atom stereocenters. The standard InChI is InChI=1S/C72H6O6/c1-4-7-10-13-16-19-22-25-28-31-34-37-40-43-46-49-52-55-58-61-64-76-70(73)67-69(72(75)78-66-63-60-57-54-51-48-45-42-39-36-33-30-27-24-21-18-15-12-9-6-3)68-71(74)77-65-62-59-56-53-50-47-44-41-38-35-32-29-26-23-20-17-14-11-8-5-2/h1-3,67H,68H2/b69-67+. The summed E-state index contributed by atoms with van der Waals surface area (Å²) in [6.07, 6.45) is 20.6. The second-order valence-electron chi connectivity index (χ2n) is 10.00. The van der Waals surface area contributed by atoms with Crippen LogP contribution < -0.4 is 0 Å². The zero-order valence-electron chi connectivity index (χ0n) is 39.0. The zero-order chi connectivity index (χ0) is 56.4. The molecule has 6 heteroatoms. The highest BCUT2D eigenvalue weighted by atomic mass is 16.5. The van der Waals surface area contributed by atoms with Gasteiger partial charge < -0.3 is 14.2 Å². The molecule has 78 heavy (non-hydrogen) atoms. The maximum absolute atomic E-state index is 12.8. The van der Waals surface area contributed by atoms with Crippen molar-refractivity contribution >= 4 is 17.9 Å². The molecule has 0 bridgehead atoms. The van der Waals surface area contributed by atoms with Crippen molar-refractivity contribution in [2.75, 3.05) is 0 Å². The van der Waals surface area contributed by atoms with Crippen LogP contribution >= 0.6 is 0 Å². The molecule has 0 N–H and O–H groups in total. The van der Waals surface area contributed by atoms with Gasteiger partial charge in [-0.25, -0.2) is 9.59 Å². The van der Waals surface area contributed by atoms with Gasteiger partial charge in [0.05, 0.1) is 12.0 Å². The van der Waals surface area contributed by atoms with Gasteiger partial charge in [-0.2, -0.15) is 0 Å². The molecule has 0 radical (unpaired) electrons. The van der Waals surface area contributed by atoms with Crippen molar-refractivity contribution in [1.29, 1.82) is 0 Å². The molecular formula is C72H6O6. The van der Waals surface area contributed by atoms with Gasteiger partial charge in [0.1, 0.15) is 18.3 Å². The number of hydrogen-bond acceptors (Lipinski definition) is 6. The molecule has 330 valence electrons. The second kappa shape index (κ2) is 53.2. The van der Waals surface area contributed by atoms with E-state index in [1.807, 2.05) is 18.3 Å². The SMILES string of the molecule is C#CC#CC#CC#CC#CC#CC#CC#CC#CC#CC#COC(=O)/C=C(\CC(=O)OC#CC#CC#CC#CC#CC#CC#CC#CC#CC#CC#C)C(=O)OC#CC#CC#CC#CC#CC#CC#CC#CC#CC#CC#C. The molecule has 0 saturated heterocycles. The molecule has 0 spiro atoms. The summed E-state index contributed by atoms with van der Waals surface area (Å²) >= 11 is 0. The molecule has 0 aromatic heterocycles. The molecule has 0 aliphatic carbocycles. The smallest absolute Gasteiger partial charge is 0.348 e. The van der Waals surface area contributed by atoms with Gasteiger partial charge in [0, 0.05) is 219 Å². The minimum Gasteiger partial charge on any atom is -0.371 e. The molecule has 0 aliphatic heterocycles. The van der Waals surface area contributed by atoms with E-state index in [1.165, 1.54) is 0 Å². The first-order valence-electron chi connectivity index (χ1n) is 19.2. The number of ether oxygens (including phenoxy) is 3. The summed E-state index contributed by atoms with van der Waals surface area (Å²) in [6, 6.07) is 0. The molecule has 0 amide bonds. The predicted molar refractivity (Wildman–Crippen MR) is 291 cm³/mol. The Hall–Kier alpha value is -16.4. The van der Waals surface area contributed by atoms with Crippen molar-refractivity contribution in [1.82, 2.24) is 0 Å². The Morgan fingerprint density at radius 1 is 0.244 bits per heavy atom. The molecule has 0 heterocycles. The van der Waals surface area contributed by atoms with Crippen LogP contribution in [0, 0.1) is 393 Å². The van der Waals surface area contributed by atoms with Crippen LogP contribution in [0.15, 0.2) is 11.6 Å². The van der Waals surface area contributed by atoms with Crippen LogP contribution in [-0.2, 0) is 28.6 Å². The first-order valence-corrected chi connectivity index (χ1v) is 19.2. The zero-order valence-corrected chi connectivity index (χ0v) is 39.0. The van der Waals surface area contributed by atoms with Crippen molar-refractivity contribution in [2.45, 2.75) is 6.42 Å². The van der Waals surface area contributed by atoms with E-state index in [0.29, 0.717) is 6.08 Å². The molecule has 0 aromatic rings. The van der Waals surface area contributed by atoms with Crippen molar-refractivity contribution in [3.05, 3.63) is 11.6 Å². The number of carbonyl (C=O) groups is 3. The Bertz CT molecular complexity index is 4840. The summed E-state index contributed by atoms with van der Waals surface area (Å²) in [6.45, 7) is 0. The molecule has 0 fully saturated rings. The van der Waals surface area contributed by atoms with Gasteiger partial charge in [0.15, 0.2) is 0 Å². The first kappa shape index (κ1) is 61.6. The lowest BCUT2D eigenvalue weighted by Crippen LogP contribution is -2.13. The third kappa shape index (κ3) is 49.1. The maximum Gasteiger partial charge on any atom is 0.348 e. The van der Waals surface area contributed by atoms with Crippen LogP contribution in [0.4, 0.5) is 0 Å². The quantitative estimate of drug-likeness (QED) is 0.169. The van der Waals surface area contributed by atoms with E-state index < -0.39 is 29.9 Å². The van der Waals surface area contributed by atoms with Gasteiger partial charge >= 0.3 is 17.9 Å². The van der Waals surface area contributed by atoms with Crippen molar-refractivity contribution in [3.8, 4) is 393 Å². The number of carbonyl (C=O) groups excluding carboxylic acids is 3. The normalized spacial score (nSPS) is 5.17. The van der Waals surface area contributed by atoms with Crippen molar-refractivity contribution in [3.63, 3.8) is 0 Å². The van der Waals surface area contributed by atoms with Crippen molar-refractivity contribution in [2.24, 2.45) is 0 Å². The first-order chi connectivity index (χ1) is 38.5. The average Bonchev–Trinajstić information content (AvgIpc) is 3.44. The highest BCUT2D eigenvalue weighted by molar-refractivity contribution is 6.00. The Kier molecular flexibility index (Phi) is 42.1. The predicted octanol–water partition coefficient (Wildman–Crippen LogP) is -0.193. The molecule has 0 unspecified atom stereocenters. The Balaban J connectivity index is 5.84. The van der Waals surface area contributed by atoms with E-state index in [4.69, 9.17) is 33.5 Å². The molecule has 0 aromatic carbocycles. The Morgan fingerprint density at radius 3 is 0.641 bits per heavy atom. The fourth-order valence-electron chi connectivity index (χ4n) is 2.62. The lowest BCUT2D eigenvalue weighted by atomic mass is 10.2. The third-order valence-corrected chi connectivity index (χ3v) is 5.09. The summed E-state index contributed by atoms with van der Waals surface area (Å²) in [4.78, 5) is 37.7. The van der Waals surface area contributed by atoms with Crippen LogP contribution in [0.2, 0.25) is 0 Å². The fraction of sp³-hybridized carbons (Fsp3) is 0.0139. The van der Waals surface area contributed by atoms with Gasteiger partial charge in [-0.05, 0) is 142 Å². The minimum absolute atomic E-state index is 0.584. The number of rotatable bonds is 4. The topological polar surface area (TPSA) is 78.9 Å². The second-order valence-corrected chi connectivity index (χ2v) is 10.00. The third-order valence-electron chi connectivity index (χ3n) is 5.09. The van der Waals surface area contributed by atoms with Crippen LogP contribution in [0.3, 0.4) is 0 Å². The molecule has 0 saturated carbocycles. The molecule has 0 aliphatic rings. The minimum atomic E-state index is -1.26. The van der Waals surface area contributed by atoms with E-state index >= 15 is 0 Å². The van der Waals surface area contributed by atoms with E-state index in [9.17, 15) is 14.4 Å². The Morgan fingerprint density at radius 2 is 0.423 bits per heavy atom. The van der Waals surface area contributed by atoms with Crippen LogP contribution in [0.25, 0.3) is 0 Å². The molecule has 0 rings (SSSR count). The van der Waals surface area contributed by atoms with Crippen LogP contribution in [0.5, 0.6) is 0 Å². The molecular weight excluding hydrogens is 961 g/mol. The van der Waals surface area contributed by atoms with Gasteiger partial charge in [-0.1, -0.05) is 0 Å². The highest BCUT2D eigenvalue weighted by Crippen LogP contribution is 2.07. The van der Waals surface area contributed by atoms with E-state index in [0.717, 1.165) is 0 Å². The van der Waals surface area contributed by atoms with Crippen molar-refractivity contribution < 1.29 is 28.6 Å². The monoisotopic (exact) mass is 966 g/mol. The summed E-state index contributed by atoms with van der Waals surface area (Å²) in [5.74, 6) is 139. The van der Waals surface area contributed by atoms with E-state index in [-0.39, 0.29) is 0 Å². The lowest BCUT2D eigenvalue weighted by Gasteiger charge is -2.01. The Labute approximate surface area is 455 Å². The van der Waals surface area contributed by atoms with Crippen LogP contribution in [-0.4, -0.2) is 17.9 Å². The maximum atomic E-state index is 12.8. The summed E-state index contributed by atoms with van der Waals surface area (Å²) in [5.41, 5.74) is -0.584. The fourth-order valence-corrected chi connectivity index (χ4v) is 2.62. The molecule has 6 nitrogen and oxygen atoms in total. The van der Waals surface area contributed by atoms with Gasteiger partial charge in [0.25, 0.3) is 0 Å². The largest absolute Gasteiger partial charge is 0.371 e. The number of esters is 3. The van der Waals surface area contributed by atoms with Gasteiger partial charge in [0.2, 0.25) is 0 Å². The van der Waals surface area contributed by atoms with E-state index in [2.05, 4.69) is 355 Å². The lowest BCUT2D eigenvalue weighted by molar-refractivity contribution is -0.139. The summed E-state index contributed by atoms with van der Waals surface area (Å²) in [5, 5.41) is 0. The van der Waals surface area contributed by atoms with Gasteiger partial charge in [-0.15, -0.1) is 19.3 Å². The summed E-state index contributed by atoms with van der Waals surface area (Å²) in [7, 11) is 0. The average molecular weight is 967 g/mol. The van der Waals surface area contributed by atoms with E-state index in [1.54, 1.807) is 0 Å². The van der Waals surface area contributed by atoms with Crippen LogP contribution in [0.1, 0.15) is 6.42 Å². The van der Waals surface area contributed by atoms with Gasteiger partial charge in [-0.3, -0.25) is 4.79 Å². The summed E-state index contributed by atoms with van der Waals surface area (Å²) < 4.78 is 14.2. The number of terminal acetylenes is 3. The number of hydrogen-bond donors (Lipinski definition) is 0.